The van der Waals surface area contributed by atoms with Crippen LogP contribution in [0.15, 0.2) is 0 Å². The highest BCUT2D eigenvalue weighted by Crippen LogP contribution is 2.60. The summed E-state index contributed by atoms with van der Waals surface area (Å²) in [5, 5.41) is 7.90. The van der Waals surface area contributed by atoms with Crippen LogP contribution in [0.2, 0.25) is 0 Å². The molecule has 0 aromatic heterocycles. The molecule has 0 aromatic rings. The van der Waals surface area contributed by atoms with E-state index in [1.807, 2.05) is 13.8 Å². The molecule has 1 saturated carbocycles. The highest BCUT2D eigenvalue weighted by molar-refractivity contribution is 6.76. The topological polar surface area (TPSA) is 70.0 Å². The summed E-state index contributed by atoms with van der Waals surface area (Å²) < 4.78 is 16.0. The van der Waals surface area contributed by atoms with Crippen LogP contribution in [0.5, 0.6) is 0 Å². The van der Waals surface area contributed by atoms with Crippen LogP contribution in [0, 0.1) is 29.1 Å². The van der Waals surface area contributed by atoms with E-state index in [1.165, 1.54) is 0 Å². The molecule has 9 heteroatoms. The molecule has 6 nitrogen and oxygen atoms in total. The minimum absolute atomic E-state index is 0.0800. The second-order valence-corrected chi connectivity index (χ2v) is 10.5. The number of rotatable bonds is 1. The average Bonchev–Trinajstić information content (AvgIpc) is 2.77. The third-order valence-corrected chi connectivity index (χ3v) is 7.10. The lowest BCUT2D eigenvalue weighted by Gasteiger charge is -2.60. The number of halogens is 3. The Balaban J connectivity index is 1.67. The molecule has 148 valence electrons. The van der Waals surface area contributed by atoms with Crippen LogP contribution in [-0.2, 0) is 24.0 Å². The van der Waals surface area contributed by atoms with Crippen molar-refractivity contribution < 1.29 is 24.0 Å². The molecule has 1 spiro atoms. The lowest BCUT2D eigenvalue weighted by Crippen LogP contribution is -2.70. The van der Waals surface area contributed by atoms with E-state index in [0.717, 1.165) is 25.7 Å². The van der Waals surface area contributed by atoms with Crippen molar-refractivity contribution in [3.8, 4) is 0 Å². The maximum absolute atomic E-state index is 7.90. The molecule has 1 unspecified atom stereocenters. The van der Waals surface area contributed by atoms with Gasteiger partial charge in [0.25, 0.3) is 3.79 Å². The van der Waals surface area contributed by atoms with Gasteiger partial charge in [0.05, 0.1) is 0 Å². The molecule has 1 N–H and O–H groups in total. The summed E-state index contributed by atoms with van der Waals surface area (Å²) in [5.74, 6) is -0.549. The van der Waals surface area contributed by atoms with Crippen LogP contribution in [0.25, 0.3) is 0 Å². The van der Waals surface area contributed by atoms with Crippen molar-refractivity contribution in [2.24, 2.45) is 23.7 Å². The fourth-order valence-corrected chi connectivity index (χ4v) is 5.32. The first-order valence-electron chi connectivity index (χ1n) is 9.09. The van der Waals surface area contributed by atoms with Gasteiger partial charge in [-0.25, -0.2) is 9.78 Å². The van der Waals surface area contributed by atoms with Gasteiger partial charge in [-0.05, 0) is 38.0 Å². The zero-order chi connectivity index (χ0) is 18.9. The van der Waals surface area contributed by atoms with E-state index in [0.29, 0.717) is 5.92 Å². The number of nitrogens with one attached hydrogen (secondary N) is 1. The van der Waals surface area contributed by atoms with Crippen LogP contribution < -0.4 is 0 Å². The number of alkyl halides is 3. The summed E-state index contributed by atoms with van der Waals surface area (Å²) in [5.41, 5.74) is -0.672. The maximum atomic E-state index is 7.90. The number of ether oxygens (including phenoxy) is 3. The van der Waals surface area contributed by atoms with Gasteiger partial charge >= 0.3 is 0 Å². The number of fused-ring (bicyclic) bond motifs is 2. The Bertz CT molecular complexity index is 601. The Hall–Kier alpha value is 0.180. The Kier molecular flexibility index (Phi) is 4.76. The molecule has 2 bridgehead atoms. The van der Waals surface area contributed by atoms with Gasteiger partial charge in [0, 0.05) is 18.3 Å². The Morgan fingerprint density at radius 1 is 1.12 bits per heavy atom. The zero-order valence-corrected chi connectivity index (χ0v) is 17.2. The van der Waals surface area contributed by atoms with Gasteiger partial charge in [0.15, 0.2) is 11.9 Å². The van der Waals surface area contributed by atoms with Crippen LogP contribution in [-0.4, -0.2) is 33.7 Å². The molecule has 4 heterocycles. The van der Waals surface area contributed by atoms with E-state index >= 15 is 0 Å². The third-order valence-electron chi connectivity index (χ3n) is 6.59. The fourth-order valence-electron chi connectivity index (χ4n) is 5.19. The molecule has 4 saturated heterocycles. The van der Waals surface area contributed by atoms with E-state index in [2.05, 4.69) is 6.92 Å². The molecule has 4 aliphatic heterocycles. The first-order chi connectivity index (χ1) is 12.1. The second kappa shape index (κ2) is 6.34. The first kappa shape index (κ1) is 19.5. The van der Waals surface area contributed by atoms with Gasteiger partial charge in [-0.1, -0.05) is 48.7 Å². The normalized spacial score (nSPS) is 50.7. The van der Waals surface area contributed by atoms with Gasteiger partial charge in [0.2, 0.25) is 18.0 Å². The second-order valence-electron chi connectivity index (χ2n) is 8.22. The van der Waals surface area contributed by atoms with Crippen LogP contribution in [0.1, 0.15) is 46.5 Å². The zero-order valence-electron chi connectivity index (χ0n) is 15.0. The van der Waals surface area contributed by atoms with E-state index in [-0.39, 0.29) is 17.8 Å². The molecular formula is C17H24Cl3NO5. The molecule has 5 aliphatic rings. The van der Waals surface area contributed by atoms with Crippen molar-refractivity contribution in [1.82, 2.24) is 0 Å². The van der Waals surface area contributed by atoms with Crippen molar-refractivity contribution in [2.75, 3.05) is 0 Å². The highest BCUT2D eigenvalue weighted by Gasteiger charge is 2.69. The van der Waals surface area contributed by atoms with Gasteiger partial charge in [0.1, 0.15) is 0 Å². The lowest BCUT2D eigenvalue weighted by atomic mass is 9.58. The standard InChI is InChI=1S/C17H24Cl3NO5/c1-8-4-5-11-9(2)12(22-13(21)17(18,19)20)23-14-16(11)10(8)6-7-15(3,24-14)25-26-16/h8-12,14,21H,4-7H2,1-3H3/t8-,9-,10+,11+,12?,14-,15-,16-/m1/s1. The fraction of sp³-hybridized carbons (Fsp3) is 0.941. The maximum Gasteiger partial charge on any atom is 0.265 e. The highest BCUT2D eigenvalue weighted by atomic mass is 35.6. The smallest absolute Gasteiger partial charge is 0.265 e. The van der Waals surface area contributed by atoms with Gasteiger partial charge in [-0.15, -0.1) is 0 Å². The van der Waals surface area contributed by atoms with Crippen molar-refractivity contribution in [1.29, 1.82) is 5.41 Å². The van der Waals surface area contributed by atoms with E-state index in [1.54, 1.807) is 0 Å². The molecule has 5 fully saturated rings. The lowest BCUT2D eigenvalue weighted by molar-refractivity contribution is -0.576. The Morgan fingerprint density at radius 3 is 2.54 bits per heavy atom. The largest absolute Gasteiger partial charge is 0.448 e. The molecular weight excluding hydrogens is 405 g/mol. The van der Waals surface area contributed by atoms with Gasteiger partial charge in [-0.2, -0.15) is 0 Å². The summed E-state index contributed by atoms with van der Waals surface area (Å²) >= 11 is 17.3. The molecule has 0 aromatic carbocycles. The molecule has 0 radical (unpaired) electrons. The van der Waals surface area contributed by atoms with Gasteiger partial charge < -0.3 is 14.2 Å². The third kappa shape index (κ3) is 2.88. The van der Waals surface area contributed by atoms with Crippen LogP contribution >= 0.6 is 34.8 Å². The molecule has 26 heavy (non-hydrogen) atoms. The van der Waals surface area contributed by atoms with E-state index < -0.39 is 33.7 Å². The minimum atomic E-state index is -1.93. The van der Waals surface area contributed by atoms with E-state index in [4.69, 9.17) is 64.2 Å². The first-order valence-corrected chi connectivity index (χ1v) is 10.2. The summed E-state index contributed by atoms with van der Waals surface area (Å²) in [6, 6.07) is 0. The van der Waals surface area contributed by atoms with Crippen molar-refractivity contribution >= 4 is 40.7 Å². The predicted octanol–water partition coefficient (Wildman–Crippen LogP) is 4.56. The quantitative estimate of drug-likeness (QED) is 0.287. The van der Waals surface area contributed by atoms with Crippen molar-refractivity contribution in [3.63, 3.8) is 0 Å². The van der Waals surface area contributed by atoms with E-state index in [9.17, 15) is 0 Å². The molecule has 8 atom stereocenters. The SMILES string of the molecule is C[C@@H]1CC[C@H]2[C@@H](C)C(OC(=N)C(Cl)(Cl)Cl)O[C@@H]3O[C@@]4(C)CC[C@@H]1[C@]32OO4. The summed E-state index contributed by atoms with van der Waals surface area (Å²) in [6.45, 7) is 6.13. The summed E-state index contributed by atoms with van der Waals surface area (Å²) in [4.78, 5) is 11.8. The average molecular weight is 429 g/mol. The minimum Gasteiger partial charge on any atom is -0.448 e. The molecule has 0 amide bonds. The number of hydrogen-bond donors (Lipinski definition) is 1. The Morgan fingerprint density at radius 2 is 1.85 bits per heavy atom. The van der Waals surface area contributed by atoms with Crippen LogP contribution in [0.3, 0.4) is 0 Å². The monoisotopic (exact) mass is 427 g/mol. The predicted molar refractivity (Wildman–Crippen MR) is 95.9 cm³/mol. The summed E-state index contributed by atoms with van der Waals surface area (Å²) in [7, 11) is 0. The van der Waals surface area contributed by atoms with Crippen LogP contribution in [0.4, 0.5) is 0 Å². The van der Waals surface area contributed by atoms with Crippen molar-refractivity contribution in [2.45, 2.75) is 74.2 Å². The van der Waals surface area contributed by atoms with Crippen molar-refractivity contribution in [3.05, 3.63) is 0 Å². The number of hydrogen-bond acceptors (Lipinski definition) is 6. The summed E-state index contributed by atoms with van der Waals surface area (Å²) in [6.07, 6.45) is 2.31. The Labute approximate surface area is 168 Å². The van der Waals surface area contributed by atoms with Gasteiger partial charge in [-0.3, -0.25) is 5.41 Å². The molecule has 5 rings (SSSR count). The molecule has 1 aliphatic carbocycles.